The van der Waals surface area contributed by atoms with Crippen LogP contribution in [0.2, 0.25) is 0 Å². The minimum absolute atomic E-state index is 0.633. The smallest absolute Gasteiger partial charge is 0.0547 e. The second-order valence-corrected chi connectivity index (χ2v) is 6.70. The second kappa shape index (κ2) is 7.71. The third-order valence-corrected chi connectivity index (χ3v) is 4.71. The van der Waals surface area contributed by atoms with Crippen LogP contribution < -0.4 is 0 Å². The van der Waals surface area contributed by atoms with Gasteiger partial charge in [-0.2, -0.15) is 0 Å². The number of likely N-dealkylation sites (N-methyl/N-ethyl adjacent to an activating group) is 1. The molecule has 1 aromatic carbocycles. The van der Waals surface area contributed by atoms with Crippen LogP contribution in [-0.4, -0.2) is 41.0 Å². The molecular weight excluding hydrogens is 282 g/mol. The number of nitrogens with zero attached hydrogens (tertiary/aromatic N) is 3. The van der Waals surface area contributed by atoms with E-state index in [4.69, 9.17) is 0 Å². The van der Waals surface area contributed by atoms with Gasteiger partial charge in [0, 0.05) is 31.4 Å². The van der Waals surface area contributed by atoms with Crippen molar-refractivity contribution in [3.63, 3.8) is 0 Å². The minimum atomic E-state index is 0.633. The Morgan fingerprint density at radius 3 is 2.74 bits per heavy atom. The number of aromatic nitrogens is 1. The van der Waals surface area contributed by atoms with Crippen LogP contribution in [0.3, 0.4) is 0 Å². The first-order valence-electron chi connectivity index (χ1n) is 8.60. The van der Waals surface area contributed by atoms with Gasteiger partial charge in [0.25, 0.3) is 0 Å². The molecule has 0 bridgehead atoms. The van der Waals surface area contributed by atoms with Crippen molar-refractivity contribution in [1.29, 1.82) is 0 Å². The van der Waals surface area contributed by atoms with Gasteiger partial charge in [-0.1, -0.05) is 36.4 Å². The molecule has 0 N–H and O–H groups in total. The highest BCUT2D eigenvalue weighted by molar-refractivity contribution is 5.14. The van der Waals surface area contributed by atoms with Crippen LogP contribution in [0, 0.1) is 6.92 Å². The van der Waals surface area contributed by atoms with E-state index in [1.807, 2.05) is 0 Å². The molecule has 1 saturated heterocycles. The molecule has 0 saturated carbocycles. The molecule has 1 fully saturated rings. The average Bonchev–Trinajstić information content (AvgIpc) is 2.56. The molecule has 3 heteroatoms. The van der Waals surface area contributed by atoms with Crippen LogP contribution in [0.4, 0.5) is 0 Å². The fourth-order valence-electron chi connectivity index (χ4n) is 3.45. The third kappa shape index (κ3) is 4.63. The molecule has 3 nitrogen and oxygen atoms in total. The van der Waals surface area contributed by atoms with E-state index in [-0.39, 0.29) is 0 Å². The first-order valence-corrected chi connectivity index (χ1v) is 8.60. The molecule has 3 rings (SSSR count). The SMILES string of the molecule is Cc1cccc(CN2CCC[C@H](N(C)Cc3ccccc3)C2)n1. The lowest BCUT2D eigenvalue weighted by molar-refractivity contribution is 0.106. The Kier molecular flexibility index (Phi) is 5.42. The highest BCUT2D eigenvalue weighted by atomic mass is 15.2. The van der Waals surface area contributed by atoms with Crippen molar-refractivity contribution in [3.05, 3.63) is 65.5 Å². The first kappa shape index (κ1) is 16.2. The summed E-state index contributed by atoms with van der Waals surface area (Å²) in [5.41, 5.74) is 3.70. The van der Waals surface area contributed by atoms with Gasteiger partial charge >= 0.3 is 0 Å². The fraction of sp³-hybridized carbons (Fsp3) is 0.450. The molecule has 1 atom stereocenters. The van der Waals surface area contributed by atoms with E-state index < -0.39 is 0 Å². The zero-order valence-electron chi connectivity index (χ0n) is 14.3. The Hall–Kier alpha value is -1.71. The molecule has 0 unspecified atom stereocenters. The lowest BCUT2D eigenvalue weighted by Gasteiger charge is -2.37. The van der Waals surface area contributed by atoms with Gasteiger partial charge in [0.1, 0.15) is 0 Å². The number of likely N-dealkylation sites (tertiary alicyclic amines) is 1. The summed E-state index contributed by atoms with van der Waals surface area (Å²) in [5, 5.41) is 0. The van der Waals surface area contributed by atoms with E-state index >= 15 is 0 Å². The number of hydrogen-bond acceptors (Lipinski definition) is 3. The molecule has 0 amide bonds. The van der Waals surface area contributed by atoms with Gasteiger partial charge in [-0.3, -0.25) is 14.8 Å². The summed E-state index contributed by atoms with van der Waals surface area (Å²) < 4.78 is 0. The number of hydrogen-bond donors (Lipinski definition) is 0. The summed E-state index contributed by atoms with van der Waals surface area (Å²) in [4.78, 5) is 9.71. The summed E-state index contributed by atoms with van der Waals surface area (Å²) in [6.07, 6.45) is 2.57. The van der Waals surface area contributed by atoms with Crippen LogP contribution in [0.5, 0.6) is 0 Å². The molecule has 23 heavy (non-hydrogen) atoms. The Labute approximate surface area is 140 Å². The molecule has 2 aromatic rings. The zero-order chi connectivity index (χ0) is 16.1. The number of piperidine rings is 1. The van der Waals surface area contributed by atoms with Gasteiger partial charge in [-0.05, 0) is 51.1 Å². The number of aryl methyl sites for hydroxylation is 1. The van der Waals surface area contributed by atoms with Crippen molar-refractivity contribution in [3.8, 4) is 0 Å². The van der Waals surface area contributed by atoms with Gasteiger partial charge in [0.05, 0.1) is 5.69 Å². The first-order chi connectivity index (χ1) is 11.2. The van der Waals surface area contributed by atoms with E-state index in [2.05, 4.69) is 77.3 Å². The maximum Gasteiger partial charge on any atom is 0.0547 e. The Bertz CT molecular complexity index is 611. The average molecular weight is 309 g/mol. The lowest BCUT2D eigenvalue weighted by atomic mass is 10.0. The van der Waals surface area contributed by atoms with Crippen molar-refractivity contribution >= 4 is 0 Å². The predicted octanol–water partition coefficient (Wildman–Crippen LogP) is 3.49. The van der Waals surface area contributed by atoms with Crippen molar-refractivity contribution in [2.75, 3.05) is 20.1 Å². The van der Waals surface area contributed by atoms with Crippen molar-refractivity contribution in [2.45, 2.75) is 38.9 Å². The lowest BCUT2D eigenvalue weighted by Crippen LogP contribution is -2.45. The van der Waals surface area contributed by atoms with E-state index in [0.717, 1.165) is 25.3 Å². The summed E-state index contributed by atoms with van der Waals surface area (Å²) >= 11 is 0. The van der Waals surface area contributed by atoms with Crippen molar-refractivity contribution in [1.82, 2.24) is 14.8 Å². The van der Waals surface area contributed by atoms with Gasteiger partial charge in [-0.15, -0.1) is 0 Å². The summed E-state index contributed by atoms with van der Waals surface area (Å²) in [6.45, 7) is 6.39. The maximum atomic E-state index is 4.65. The van der Waals surface area contributed by atoms with Crippen LogP contribution in [0.15, 0.2) is 48.5 Å². The highest BCUT2D eigenvalue weighted by Gasteiger charge is 2.23. The molecule has 0 radical (unpaired) electrons. The Balaban J connectivity index is 1.57. The molecular formula is C20H27N3. The number of pyridine rings is 1. The van der Waals surface area contributed by atoms with Crippen LogP contribution >= 0.6 is 0 Å². The normalized spacial score (nSPS) is 19.2. The largest absolute Gasteiger partial charge is 0.298 e. The van der Waals surface area contributed by atoms with E-state index in [0.29, 0.717) is 6.04 Å². The van der Waals surface area contributed by atoms with Crippen LogP contribution in [0.25, 0.3) is 0 Å². The highest BCUT2D eigenvalue weighted by Crippen LogP contribution is 2.18. The topological polar surface area (TPSA) is 19.4 Å². The van der Waals surface area contributed by atoms with Gasteiger partial charge < -0.3 is 0 Å². The molecule has 1 aliphatic heterocycles. The predicted molar refractivity (Wildman–Crippen MR) is 95.2 cm³/mol. The van der Waals surface area contributed by atoms with Crippen molar-refractivity contribution < 1.29 is 0 Å². The molecule has 1 aliphatic rings. The summed E-state index contributed by atoms with van der Waals surface area (Å²) in [5.74, 6) is 0. The molecule has 1 aromatic heterocycles. The maximum absolute atomic E-state index is 4.65. The monoisotopic (exact) mass is 309 g/mol. The Morgan fingerprint density at radius 2 is 1.96 bits per heavy atom. The quantitative estimate of drug-likeness (QED) is 0.843. The second-order valence-electron chi connectivity index (χ2n) is 6.70. The standard InChI is InChI=1S/C20H27N3/c1-17-8-6-11-19(21-17)15-23-13-7-12-20(16-23)22(2)14-18-9-4-3-5-10-18/h3-6,8-11,20H,7,12-16H2,1-2H3/t20-/m0/s1. The fourth-order valence-corrected chi connectivity index (χ4v) is 3.45. The number of rotatable bonds is 5. The molecule has 0 aliphatic carbocycles. The van der Waals surface area contributed by atoms with Gasteiger partial charge in [-0.25, -0.2) is 0 Å². The molecule has 0 spiro atoms. The Morgan fingerprint density at radius 1 is 1.13 bits per heavy atom. The minimum Gasteiger partial charge on any atom is -0.298 e. The van der Waals surface area contributed by atoms with Crippen LogP contribution in [-0.2, 0) is 13.1 Å². The zero-order valence-corrected chi connectivity index (χ0v) is 14.3. The molecule has 2 heterocycles. The van der Waals surface area contributed by atoms with E-state index in [9.17, 15) is 0 Å². The third-order valence-electron chi connectivity index (χ3n) is 4.71. The van der Waals surface area contributed by atoms with E-state index in [1.165, 1.54) is 30.6 Å². The van der Waals surface area contributed by atoms with E-state index in [1.54, 1.807) is 0 Å². The number of benzene rings is 1. The molecule has 122 valence electrons. The summed E-state index contributed by atoms with van der Waals surface area (Å²) in [6, 6.07) is 17.7. The van der Waals surface area contributed by atoms with Crippen molar-refractivity contribution in [2.24, 2.45) is 0 Å². The van der Waals surface area contributed by atoms with Gasteiger partial charge in [0.15, 0.2) is 0 Å². The summed E-state index contributed by atoms with van der Waals surface area (Å²) in [7, 11) is 2.26. The van der Waals surface area contributed by atoms with Crippen LogP contribution in [0.1, 0.15) is 29.8 Å². The van der Waals surface area contributed by atoms with Gasteiger partial charge in [0.2, 0.25) is 0 Å².